The molecule has 0 fully saturated rings. The average Bonchev–Trinajstić information content (AvgIpc) is 2.99. The van der Waals surface area contributed by atoms with Crippen molar-refractivity contribution in [2.24, 2.45) is 5.73 Å². The Morgan fingerprint density at radius 3 is 1.98 bits per heavy atom. The Kier molecular flexibility index (Phi) is 9.20. The first-order valence-electron chi connectivity index (χ1n) is 13.2. The second-order valence-electron chi connectivity index (χ2n) is 9.56. The number of hydrogen-bond acceptors (Lipinski definition) is 10. The average molecular weight is 564 g/mol. The highest BCUT2D eigenvalue weighted by molar-refractivity contribution is 5.70. The second kappa shape index (κ2) is 12.8. The van der Waals surface area contributed by atoms with Crippen molar-refractivity contribution in [3.05, 3.63) is 63.8 Å². The molecule has 2 aromatic rings. The summed E-state index contributed by atoms with van der Waals surface area (Å²) in [5.41, 5.74) is 10.0. The van der Waals surface area contributed by atoms with Crippen LogP contribution in [0, 0.1) is 11.3 Å². The lowest BCUT2D eigenvalue weighted by Crippen LogP contribution is -2.38. The molecule has 0 aromatic heterocycles. The van der Waals surface area contributed by atoms with E-state index < -0.39 is 5.92 Å². The SMILES string of the molecule is CCCN1CC2=C(OC(N)=C(C#N)C2c2cc(OC)c(OC)cc2OC)/C(=C/c2cc(OC)c(OC)cc2OC)C1. The Morgan fingerprint density at radius 1 is 0.854 bits per heavy atom. The Morgan fingerprint density at radius 2 is 1.41 bits per heavy atom. The first-order valence-corrected chi connectivity index (χ1v) is 13.2. The molecule has 2 aliphatic rings. The second-order valence-corrected chi connectivity index (χ2v) is 9.56. The monoisotopic (exact) mass is 563 g/mol. The van der Waals surface area contributed by atoms with Gasteiger partial charge in [-0.2, -0.15) is 5.26 Å². The van der Waals surface area contributed by atoms with E-state index in [-0.39, 0.29) is 5.88 Å². The van der Waals surface area contributed by atoms with Crippen molar-refractivity contribution in [2.75, 3.05) is 62.3 Å². The zero-order valence-corrected chi connectivity index (χ0v) is 24.6. The van der Waals surface area contributed by atoms with Crippen LogP contribution >= 0.6 is 0 Å². The summed E-state index contributed by atoms with van der Waals surface area (Å²) < 4.78 is 39.8. The maximum atomic E-state index is 10.3. The molecule has 0 aliphatic carbocycles. The molecule has 0 bridgehead atoms. The third-order valence-electron chi connectivity index (χ3n) is 7.26. The summed E-state index contributed by atoms with van der Waals surface area (Å²) in [6, 6.07) is 9.53. The topological polar surface area (TPSA) is 118 Å². The smallest absolute Gasteiger partial charge is 0.205 e. The largest absolute Gasteiger partial charge is 0.496 e. The normalized spacial score (nSPS) is 17.9. The van der Waals surface area contributed by atoms with Crippen molar-refractivity contribution in [3.63, 3.8) is 0 Å². The first-order chi connectivity index (χ1) is 19.9. The molecular formula is C31H37N3O7. The maximum absolute atomic E-state index is 10.3. The van der Waals surface area contributed by atoms with Gasteiger partial charge in [0.05, 0.1) is 48.6 Å². The fraction of sp³-hybridized carbons (Fsp3) is 0.387. The summed E-state index contributed by atoms with van der Waals surface area (Å²) in [7, 11) is 9.49. The van der Waals surface area contributed by atoms with Gasteiger partial charge in [0.1, 0.15) is 28.9 Å². The Hall–Kier alpha value is -4.49. The van der Waals surface area contributed by atoms with Gasteiger partial charge in [0.25, 0.3) is 0 Å². The van der Waals surface area contributed by atoms with Crippen molar-refractivity contribution < 1.29 is 33.2 Å². The lowest BCUT2D eigenvalue weighted by Gasteiger charge is -2.38. The van der Waals surface area contributed by atoms with Crippen LogP contribution in [0.3, 0.4) is 0 Å². The number of rotatable bonds is 10. The van der Waals surface area contributed by atoms with Crippen LogP contribution in [-0.2, 0) is 4.74 Å². The lowest BCUT2D eigenvalue weighted by molar-refractivity contribution is 0.233. The highest BCUT2D eigenvalue weighted by Crippen LogP contribution is 2.49. The summed E-state index contributed by atoms with van der Waals surface area (Å²) in [5.74, 6) is 3.44. The fourth-order valence-electron chi connectivity index (χ4n) is 5.40. The van der Waals surface area contributed by atoms with E-state index in [0.29, 0.717) is 58.9 Å². The van der Waals surface area contributed by atoms with E-state index in [4.69, 9.17) is 38.9 Å². The van der Waals surface area contributed by atoms with Gasteiger partial charge in [-0.3, -0.25) is 4.90 Å². The predicted molar refractivity (Wildman–Crippen MR) is 155 cm³/mol. The molecular weight excluding hydrogens is 526 g/mol. The molecule has 10 nitrogen and oxygen atoms in total. The van der Waals surface area contributed by atoms with Crippen molar-refractivity contribution in [1.29, 1.82) is 5.26 Å². The molecule has 2 aliphatic heterocycles. The molecule has 0 spiro atoms. The van der Waals surface area contributed by atoms with Gasteiger partial charge in [-0.1, -0.05) is 6.92 Å². The molecule has 0 saturated heterocycles. The number of methoxy groups -OCH3 is 6. The molecule has 0 radical (unpaired) electrons. The summed E-state index contributed by atoms with van der Waals surface area (Å²) in [6.07, 6.45) is 2.95. The van der Waals surface area contributed by atoms with Gasteiger partial charge in [-0.25, -0.2) is 0 Å². The molecule has 1 atom stereocenters. The standard InChI is InChI=1S/C31H37N3O7/c1-8-9-34-16-19(10-18-11-25(37-4)27(39-6)13-23(18)35-2)30-22(17-34)29(21(15-32)31(33)41-30)20-12-26(38-5)28(40-7)14-24(20)36-3/h10-14,29H,8-9,16-17,33H2,1-7H3/b19-10+. The van der Waals surface area contributed by atoms with Gasteiger partial charge in [0, 0.05) is 41.9 Å². The minimum Gasteiger partial charge on any atom is -0.496 e. The van der Waals surface area contributed by atoms with Gasteiger partial charge in [-0.15, -0.1) is 0 Å². The molecule has 2 N–H and O–H groups in total. The van der Waals surface area contributed by atoms with E-state index in [1.165, 1.54) is 0 Å². The van der Waals surface area contributed by atoms with E-state index >= 15 is 0 Å². The Balaban J connectivity index is 1.98. The molecule has 41 heavy (non-hydrogen) atoms. The maximum Gasteiger partial charge on any atom is 0.205 e. The van der Waals surface area contributed by atoms with Crippen molar-refractivity contribution in [2.45, 2.75) is 19.3 Å². The highest BCUT2D eigenvalue weighted by atomic mass is 16.5. The number of ether oxygens (including phenoxy) is 7. The zero-order valence-electron chi connectivity index (χ0n) is 24.6. The molecule has 10 heteroatoms. The summed E-state index contributed by atoms with van der Waals surface area (Å²) in [6.45, 7) is 4.16. The third-order valence-corrected chi connectivity index (χ3v) is 7.26. The van der Waals surface area contributed by atoms with Gasteiger partial charge in [0.15, 0.2) is 23.0 Å². The first kappa shape index (κ1) is 29.5. The minimum absolute atomic E-state index is 0.0437. The molecule has 0 saturated carbocycles. The summed E-state index contributed by atoms with van der Waals surface area (Å²) in [5, 5.41) is 10.3. The van der Waals surface area contributed by atoms with Gasteiger partial charge in [0.2, 0.25) is 5.88 Å². The lowest BCUT2D eigenvalue weighted by atomic mass is 9.79. The van der Waals surface area contributed by atoms with Gasteiger partial charge in [-0.05, 0) is 36.7 Å². The molecule has 2 heterocycles. The minimum atomic E-state index is -0.533. The van der Waals surface area contributed by atoms with Crippen LogP contribution in [-0.4, -0.2) is 67.2 Å². The number of nitrogens with zero attached hydrogens (tertiary/aromatic N) is 2. The molecule has 0 amide bonds. The Bertz CT molecular complexity index is 1440. The van der Waals surface area contributed by atoms with Gasteiger partial charge < -0.3 is 38.9 Å². The van der Waals surface area contributed by atoms with Crippen LogP contribution in [0.15, 0.2) is 52.6 Å². The predicted octanol–water partition coefficient (Wildman–Crippen LogP) is 4.61. The molecule has 1 unspecified atom stereocenters. The third kappa shape index (κ3) is 5.58. The number of benzene rings is 2. The van der Waals surface area contributed by atoms with Crippen LogP contribution in [0.4, 0.5) is 0 Å². The van der Waals surface area contributed by atoms with Crippen LogP contribution in [0.5, 0.6) is 34.5 Å². The van der Waals surface area contributed by atoms with E-state index in [1.807, 2.05) is 18.2 Å². The molecule has 218 valence electrons. The zero-order chi connectivity index (χ0) is 29.7. The number of nitrogens with two attached hydrogens (primary N) is 1. The summed E-state index contributed by atoms with van der Waals surface area (Å²) >= 11 is 0. The number of allylic oxidation sites excluding steroid dienone is 1. The van der Waals surface area contributed by atoms with Crippen LogP contribution in [0.2, 0.25) is 0 Å². The van der Waals surface area contributed by atoms with Crippen LogP contribution in [0.25, 0.3) is 6.08 Å². The van der Waals surface area contributed by atoms with E-state index in [0.717, 1.165) is 35.2 Å². The van der Waals surface area contributed by atoms with Crippen LogP contribution in [0.1, 0.15) is 30.4 Å². The number of nitriles is 1. The van der Waals surface area contributed by atoms with E-state index in [9.17, 15) is 5.26 Å². The van der Waals surface area contributed by atoms with E-state index in [1.54, 1.807) is 54.8 Å². The van der Waals surface area contributed by atoms with E-state index in [2.05, 4.69) is 17.9 Å². The fourth-order valence-corrected chi connectivity index (χ4v) is 5.40. The van der Waals surface area contributed by atoms with Crippen molar-refractivity contribution in [3.8, 4) is 40.6 Å². The van der Waals surface area contributed by atoms with Crippen molar-refractivity contribution in [1.82, 2.24) is 4.90 Å². The Labute approximate surface area is 241 Å². The van der Waals surface area contributed by atoms with Crippen molar-refractivity contribution >= 4 is 6.08 Å². The highest BCUT2D eigenvalue weighted by Gasteiger charge is 2.39. The molecule has 4 rings (SSSR count). The number of hydrogen-bond donors (Lipinski definition) is 1. The van der Waals surface area contributed by atoms with Crippen LogP contribution < -0.4 is 34.2 Å². The summed E-state index contributed by atoms with van der Waals surface area (Å²) in [4.78, 5) is 2.32. The molecule has 2 aromatic carbocycles. The van der Waals surface area contributed by atoms with Gasteiger partial charge >= 0.3 is 0 Å². The quantitative estimate of drug-likeness (QED) is 0.439.